The van der Waals surface area contributed by atoms with Crippen molar-refractivity contribution in [3.8, 4) is 0 Å². The molecule has 0 spiro atoms. The highest BCUT2D eigenvalue weighted by Gasteiger charge is 2.37. The average molecular weight is 278 g/mol. The Kier molecular flexibility index (Phi) is 3.50. The van der Waals surface area contributed by atoms with Gasteiger partial charge in [0, 0.05) is 24.7 Å². The predicted octanol–water partition coefficient (Wildman–Crippen LogP) is -0.349. The maximum atomic E-state index is 12.1. The van der Waals surface area contributed by atoms with Crippen LogP contribution in [-0.4, -0.2) is 53.2 Å². The van der Waals surface area contributed by atoms with Gasteiger partial charge in [-0.05, 0) is 12.8 Å². The SMILES string of the molecule is O=S(=O)(c1nccs1)N1CCC(O)(CO)CC1. The van der Waals surface area contributed by atoms with Gasteiger partial charge in [0.25, 0.3) is 10.0 Å². The topological polar surface area (TPSA) is 90.7 Å². The van der Waals surface area contributed by atoms with Crippen LogP contribution in [0.15, 0.2) is 15.9 Å². The highest BCUT2D eigenvalue weighted by Crippen LogP contribution is 2.26. The zero-order chi connectivity index (χ0) is 12.5. The molecular formula is C9H14N2O4S2. The van der Waals surface area contributed by atoms with Crippen molar-refractivity contribution in [3.05, 3.63) is 11.6 Å². The molecule has 1 aromatic rings. The van der Waals surface area contributed by atoms with Gasteiger partial charge in [-0.3, -0.25) is 0 Å². The Balaban J connectivity index is 2.12. The monoisotopic (exact) mass is 278 g/mol. The minimum Gasteiger partial charge on any atom is -0.393 e. The van der Waals surface area contributed by atoms with Crippen molar-refractivity contribution in [2.45, 2.75) is 22.8 Å². The van der Waals surface area contributed by atoms with E-state index in [0.29, 0.717) is 0 Å². The molecule has 1 fully saturated rings. The Morgan fingerprint density at radius 1 is 1.47 bits per heavy atom. The zero-order valence-corrected chi connectivity index (χ0v) is 10.7. The van der Waals surface area contributed by atoms with Crippen LogP contribution in [0, 0.1) is 0 Å². The molecule has 0 bridgehead atoms. The van der Waals surface area contributed by atoms with E-state index in [-0.39, 0.29) is 36.9 Å². The maximum Gasteiger partial charge on any atom is 0.270 e. The molecule has 0 aromatic carbocycles. The summed E-state index contributed by atoms with van der Waals surface area (Å²) in [6.07, 6.45) is 1.94. The van der Waals surface area contributed by atoms with Crippen LogP contribution in [0.5, 0.6) is 0 Å². The highest BCUT2D eigenvalue weighted by molar-refractivity contribution is 7.91. The quantitative estimate of drug-likeness (QED) is 0.789. The van der Waals surface area contributed by atoms with Gasteiger partial charge in [-0.25, -0.2) is 13.4 Å². The summed E-state index contributed by atoms with van der Waals surface area (Å²) in [5.41, 5.74) is -1.14. The van der Waals surface area contributed by atoms with E-state index in [1.807, 2.05) is 0 Å². The van der Waals surface area contributed by atoms with Crippen LogP contribution in [0.3, 0.4) is 0 Å². The molecule has 2 rings (SSSR count). The molecule has 1 aliphatic rings. The van der Waals surface area contributed by atoms with Crippen molar-refractivity contribution in [2.24, 2.45) is 0 Å². The van der Waals surface area contributed by atoms with Crippen molar-refractivity contribution in [1.29, 1.82) is 0 Å². The van der Waals surface area contributed by atoms with E-state index in [9.17, 15) is 13.5 Å². The second-order valence-corrected chi connectivity index (χ2v) is 7.09. The lowest BCUT2D eigenvalue weighted by atomic mass is 9.94. The second-order valence-electron chi connectivity index (χ2n) is 4.08. The van der Waals surface area contributed by atoms with Gasteiger partial charge in [-0.2, -0.15) is 4.31 Å². The molecule has 0 atom stereocenters. The van der Waals surface area contributed by atoms with Crippen molar-refractivity contribution in [3.63, 3.8) is 0 Å². The van der Waals surface area contributed by atoms with Crippen LogP contribution in [0.25, 0.3) is 0 Å². The first-order valence-electron chi connectivity index (χ1n) is 5.21. The van der Waals surface area contributed by atoms with Gasteiger partial charge < -0.3 is 10.2 Å². The number of hydrogen-bond acceptors (Lipinski definition) is 6. The molecular weight excluding hydrogens is 264 g/mol. The summed E-state index contributed by atoms with van der Waals surface area (Å²) in [5, 5.41) is 20.4. The van der Waals surface area contributed by atoms with Crippen LogP contribution in [0.4, 0.5) is 0 Å². The average Bonchev–Trinajstić information content (AvgIpc) is 2.84. The second kappa shape index (κ2) is 4.62. The van der Waals surface area contributed by atoms with Gasteiger partial charge in [-0.1, -0.05) is 0 Å². The smallest absolute Gasteiger partial charge is 0.270 e. The molecule has 96 valence electrons. The summed E-state index contributed by atoms with van der Waals surface area (Å²) in [5.74, 6) is 0. The van der Waals surface area contributed by atoms with E-state index in [2.05, 4.69) is 4.98 Å². The predicted molar refractivity (Wildman–Crippen MR) is 62.1 cm³/mol. The van der Waals surface area contributed by atoms with Gasteiger partial charge in [0.1, 0.15) is 0 Å². The van der Waals surface area contributed by atoms with E-state index in [4.69, 9.17) is 5.11 Å². The fourth-order valence-corrected chi connectivity index (χ4v) is 4.16. The van der Waals surface area contributed by atoms with Crippen molar-refractivity contribution < 1.29 is 18.6 Å². The molecule has 8 heteroatoms. The summed E-state index contributed by atoms with van der Waals surface area (Å²) in [4.78, 5) is 3.80. The molecule has 1 aromatic heterocycles. The van der Waals surface area contributed by atoms with Crippen molar-refractivity contribution >= 4 is 21.4 Å². The molecule has 0 radical (unpaired) electrons. The van der Waals surface area contributed by atoms with Gasteiger partial charge in [0.2, 0.25) is 4.34 Å². The minimum absolute atomic E-state index is 0.0759. The Hall–Kier alpha value is -0.540. The molecule has 2 N–H and O–H groups in total. The molecule has 0 saturated carbocycles. The minimum atomic E-state index is -3.53. The largest absolute Gasteiger partial charge is 0.393 e. The van der Waals surface area contributed by atoms with E-state index < -0.39 is 15.6 Å². The molecule has 0 aliphatic carbocycles. The Bertz CT molecular complexity index is 463. The summed E-state index contributed by atoms with van der Waals surface area (Å²) in [6, 6.07) is 0. The lowest BCUT2D eigenvalue weighted by molar-refractivity contribution is -0.0480. The van der Waals surface area contributed by atoms with Gasteiger partial charge in [0.15, 0.2) is 0 Å². The maximum absolute atomic E-state index is 12.1. The molecule has 1 saturated heterocycles. The number of aromatic nitrogens is 1. The highest BCUT2D eigenvalue weighted by atomic mass is 32.2. The fourth-order valence-electron chi connectivity index (χ4n) is 1.75. The zero-order valence-electron chi connectivity index (χ0n) is 9.11. The third kappa shape index (κ3) is 2.50. The number of thiazole rings is 1. The first-order valence-corrected chi connectivity index (χ1v) is 7.53. The molecule has 0 amide bonds. The number of hydrogen-bond donors (Lipinski definition) is 2. The van der Waals surface area contributed by atoms with E-state index in [0.717, 1.165) is 11.3 Å². The molecule has 2 heterocycles. The normalized spacial score (nSPS) is 21.5. The fraction of sp³-hybridized carbons (Fsp3) is 0.667. The van der Waals surface area contributed by atoms with Crippen LogP contribution < -0.4 is 0 Å². The van der Waals surface area contributed by atoms with E-state index >= 15 is 0 Å². The van der Waals surface area contributed by atoms with Crippen LogP contribution in [0.1, 0.15) is 12.8 Å². The van der Waals surface area contributed by atoms with E-state index in [1.165, 1.54) is 10.5 Å². The standard InChI is InChI=1S/C9H14N2O4S2/c12-7-9(13)1-4-11(5-2-9)17(14,15)8-10-3-6-16-8/h3,6,12-13H,1-2,4-5,7H2. The van der Waals surface area contributed by atoms with E-state index in [1.54, 1.807) is 5.38 Å². The van der Waals surface area contributed by atoms with Crippen LogP contribution in [0.2, 0.25) is 0 Å². The lowest BCUT2D eigenvalue weighted by Crippen LogP contribution is -2.48. The molecule has 0 unspecified atom stereocenters. The third-order valence-electron chi connectivity index (χ3n) is 2.92. The number of aliphatic hydroxyl groups is 2. The van der Waals surface area contributed by atoms with Gasteiger partial charge in [-0.15, -0.1) is 11.3 Å². The Morgan fingerprint density at radius 3 is 2.59 bits per heavy atom. The Labute approximate surface area is 104 Å². The first-order chi connectivity index (χ1) is 7.98. The van der Waals surface area contributed by atoms with Crippen molar-refractivity contribution in [1.82, 2.24) is 9.29 Å². The van der Waals surface area contributed by atoms with Gasteiger partial charge >= 0.3 is 0 Å². The van der Waals surface area contributed by atoms with Crippen LogP contribution >= 0.6 is 11.3 Å². The number of piperidine rings is 1. The number of nitrogens with zero attached hydrogens (tertiary/aromatic N) is 2. The van der Waals surface area contributed by atoms with Crippen molar-refractivity contribution in [2.75, 3.05) is 19.7 Å². The summed E-state index contributed by atoms with van der Waals surface area (Å²) in [6.45, 7) is 0.0795. The van der Waals surface area contributed by atoms with Gasteiger partial charge in [0.05, 0.1) is 12.2 Å². The Morgan fingerprint density at radius 2 is 2.12 bits per heavy atom. The lowest BCUT2D eigenvalue weighted by Gasteiger charge is -2.35. The summed E-state index contributed by atoms with van der Waals surface area (Å²) < 4.78 is 25.5. The first kappa shape index (κ1) is 12.9. The molecule has 1 aliphatic heterocycles. The number of aliphatic hydroxyl groups excluding tert-OH is 1. The molecule has 17 heavy (non-hydrogen) atoms. The summed E-state index contributed by atoms with van der Waals surface area (Å²) in [7, 11) is -3.53. The van der Waals surface area contributed by atoms with Crippen LogP contribution in [-0.2, 0) is 10.0 Å². The third-order valence-corrected chi connectivity index (χ3v) is 5.99. The molecule has 6 nitrogen and oxygen atoms in total. The summed E-state index contributed by atoms with van der Waals surface area (Å²) >= 11 is 1.08. The number of rotatable bonds is 3. The number of sulfonamides is 1.